The Morgan fingerprint density at radius 3 is 2.93 bits per heavy atom. The van der Waals surface area contributed by atoms with Crippen molar-refractivity contribution in [3.05, 3.63) is 27.9 Å². The topological polar surface area (TPSA) is 50.7 Å². The van der Waals surface area contributed by atoms with Crippen LogP contribution in [0.3, 0.4) is 0 Å². The third-order valence-electron chi connectivity index (χ3n) is 2.57. The van der Waals surface area contributed by atoms with E-state index in [0.717, 1.165) is 29.9 Å². The van der Waals surface area contributed by atoms with Crippen LogP contribution in [0, 0.1) is 6.92 Å². The normalized spacial score (nSPS) is 11.1. The highest BCUT2D eigenvalue weighted by Crippen LogP contribution is 2.12. The van der Waals surface area contributed by atoms with Crippen molar-refractivity contribution >= 4 is 11.0 Å². The predicted octanol–water partition coefficient (Wildman–Crippen LogP) is 1.52. The van der Waals surface area contributed by atoms with Gasteiger partial charge in [-0.05, 0) is 19.4 Å². The summed E-state index contributed by atoms with van der Waals surface area (Å²) >= 11 is 0. The second-order valence-electron chi connectivity index (χ2n) is 3.85. The van der Waals surface area contributed by atoms with Crippen LogP contribution in [0.1, 0.15) is 24.9 Å². The maximum absolute atomic E-state index is 11.7. The molecule has 0 aromatic carbocycles. The van der Waals surface area contributed by atoms with Gasteiger partial charge in [-0.1, -0.05) is 6.92 Å². The maximum atomic E-state index is 11.7. The van der Waals surface area contributed by atoms with E-state index in [2.05, 4.69) is 16.9 Å². The molecule has 80 valence electrons. The number of hydrogen-bond acceptors (Lipinski definition) is 2. The number of nitrogens with one attached hydrogen (secondary N) is 1. The Bertz CT molecular complexity index is 551. The Kier molecular flexibility index (Phi) is 2.34. The number of aryl methyl sites for hydroxylation is 3. The first-order valence-electron chi connectivity index (χ1n) is 5.18. The van der Waals surface area contributed by atoms with Crippen LogP contribution in [0.5, 0.6) is 0 Å². The quantitative estimate of drug-likeness (QED) is 0.808. The van der Waals surface area contributed by atoms with Crippen molar-refractivity contribution in [1.29, 1.82) is 0 Å². The molecule has 2 heterocycles. The third kappa shape index (κ3) is 1.56. The Labute approximate surface area is 88.0 Å². The highest BCUT2D eigenvalue weighted by Gasteiger charge is 2.10. The van der Waals surface area contributed by atoms with Gasteiger partial charge in [-0.3, -0.25) is 4.79 Å². The summed E-state index contributed by atoms with van der Waals surface area (Å²) in [5, 5.41) is 0. The molecule has 2 rings (SSSR count). The molecule has 0 radical (unpaired) electrons. The molecule has 0 aliphatic heterocycles. The van der Waals surface area contributed by atoms with Gasteiger partial charge in [0.1, 0.15) is 11.3 Å². The lowest BCUT2D eigenvalue weighted by Crippen LogP contribution is -2.11. The van der Waals surface area contributed by atoms with E-state index in [9.17, 15) is 4.79 Å². The lowest BCUT2D eigenvalue weighted by molar-refractivity contribution is 0.771. The minimum Gasteiger partial charge on any atom is -0.327 e. The Morgan fingerprint density at radius 2 is 2.27 bits per heavy atom. The van der Waals surface area contributed by atoms with Crippen molar-refractivity contribution in [3.63, 3.8) is 0 Å². The van der Waals surface area contributed by atoms with Crippen LogP contribution in [0.15, 0.2) is 10.9 Å². The zero-order valence-corrected chi connectivity index (χ0v) is 9.29. The summed E-state index contributed by atoms with van der Waals surface area (Å²) in [7, 11) is 1.89. The molecule has 0 saturated carbocycles. The van der Waals surface area contributed by atoms with Crippen molar-refractivity contribution in [2.45, 2.75) is 26.7 Å². The minimum atomic E-state index is -0.0534. The molecule has 0 bridgehead atoms. The lowest BCUT2D eigenvalue weighted by Gasteiger charge is -1.98. The van der Waals surface area contributed by atoms with Crippen LogP contribution in [0.4, 0.5) is 0 Å². The van der Waals surface area contributed by atoms with Gasteiger partial charge >= 0.3 is 0 Å². The number of imidazole rings is 1. The van der Waals surface area contributed by atoms with Gasteiger partial charge in [-0.15, -0.1) is 0 Å². The summed E-state index contributed by atoms with van der Waals surface area (Å²) in [6.07, 6.45) is 1.94. The fourth-order valence-corrected chi connectivity index (χ4v) is 1.86. The molecule has 0 saturated heterocycles. The van der Waals surface area contributed by atoms with Crippen LogP contribution in [-0.2, 0) is 13.5 Å². The number of rotatable bonds is 2. The van der Waals surface area contributed by atoms with Crippen LogP contribution in [0.25, 0.3) is 11.0 Å². The van der Waals surface area contributed by atoms with Gasteiger partial charge in [0.2, 0.25) is 0 Å². The molecule has 0 spiro atoms. The molecule has 0 amide bonds. The monoisotopic (exact) mass is 205 g/mol. The molecular weight excluding hydrogens is 190 g/mol. The molecule has 4 nitrogen and oxygen atoms in total. The average molecular weight is 205 g/mol. The summed E-state index contributed by atoms with van der Waals surface area (Å²) in [6, 6.07) is 1.91. The fourth-order valence-electron chi connectivity index (χ4n) is 1.86. The van der Waals surface area contributed by atoms with Crippen molar-refractivity contribution in [1.82, 2.24) is 14.5 Å². The first kappa shape index (κ1) is 9.96. The summed E-state index contributed by atoms with van der Waals surface area (Å²) < 4.78 is 1.89. The zero-order valence-electron chi connectivity index (χ0n) is 9.29. The summed E-state index contributed by atoms with van der Waals surface area (Å²) in [5.74, 6) is 0.976. The third-order valence-corrected chi connectivity index (χ3v) is 2.57. The molecule has 0 atom stereocenters. The van der Waals surface area contributed by atoms with E-state index in [1.807, 2.05) is 24.6 Å². The van der Waals surface area contributed by atoms with Gasteiger partial charge in [0.15, 0.2) is 0 Å². The molecule has 0 fully saturated rings. The first-order valence-corrected chi connectivity index (χ1v) is 5.18. The van der Waals surface area contributed by atoms with E-state index in [1.165, 1.54) is 0 Å². The maximum Gasteiger partial charge on any atom is 0.274 e. The highest BCUT2D eigenvalue weighted by molar-refractivity contribution is 5.75. The summed E-state index contributed by atoms with van der Waals surface area (Å²) in [4.78, 5) is 19.0. The molecule has 0 unspecified atom stereocenters. The summed E-state index contributed by atoms with van der Waals surface area (Å²) in [6.45, 7) is 3.98. The second-order valence-corrected chi connectivity index (χ2v) is 3.85. The number of aromatic nitrogens is 3. The van der Waals surface area contributed by atoms with Crippen molar-refractivity contribution < 1.29 is 0 Å². The average Bonchev–Trinajstić information content (AvgIpc) is 2.43. The standard InChI is InChI=1S/C11H15N3O/c1-4-5-9-13-8-6-7(2)12-11(15)10(8)14(9)3/h6H,4-5H2,1-3H3,(H,12,15). The van der Waals surface area contributed by atoms with Crippen LogP contribution in [0.2, 0.25) is 0 Å². The van der Waals surface area contributed by atoms with E-state index in [-0.39, 0.29) is 5.56 Å². The lowest BCUT2D eigenvalue weighted by atomic mass is 10.3. The van der Waals surface area contributed by atoms with E-state index < -0.39 is 0 Å². The molecule has 0 aliphatic carbocycles. The molecule has 2 aromatic heterocycles. The molecule has 0 aliphatic rings. The molecule has 4 heteroatoms. The number of aromatic amines is 1. The zero-order chi connectivity index (χ0) is 11.0. The smallest absolute Gasteiger partial charge is 0.274 e. The molecule has 15 heavy (non-hydrogen) atoms. The second kappa shape index (κ2) is 3.53. The largest absolute Gasteiger partial charge is 0.327 e. The molecule has 1 N–H and O–H groups in total. The molecule has 2 aromatic rings. The van der Waals surface area contributed by atoms with Gasteiger partial charge in [-0.25, -0.2) is 4.98 Å². The highest BCUT2D eigenvalue weighted by atomic mass is 16.1. The van der Waals surface area contributed by atoms with E-state index in [0.29, 0.717) is 5.52 Å². The Morgan fingerprint density at radius 1 is 1.53 bits per heavy atom. The van der Waals surface area contributed by atoms with Crippen molar-refractivity contribution in [3.8, 4) is 0 Å². The Balaban J connectivity index is 2.76. The van der Waals surface area contributed by atoms with Crippen LogP contribution < -0.4 is 5.56 Å². The van der Waals surface area contributed by atoms with Crippen molar-refractivity contribution in [2.75, 3.05) is 0 Å². The fraction of sp³-hybridized carbons (Fsp3) is 0.455. The van der Waals surface area contributed by atoms with Crippen LogP contribution >= 0.6 is 0 Å². The van der Waals surface area contributed by atoms with Gasteiger partial charge in [0, 0.05) is 19.2 Å². The number of hydrogen-bond donors (Lipinski definition) is 1. The number of fused-ring (bicyclic) bond motifs is 1. The van der Waals surface area contributed by atoms with Gasteiger partial charge < -0.3 is 9.55 Å². The van der Waals surface area contributed by atoms with E-state index >= 15 is 0 Å². The Hall–Kier alpha value is -1.58. The first-order chi connectivity index (χ1) is 7.13. The van der Waals surface area contributed by atoms with E-state index in [1.54, 1.807) is 0 Å². The SMILES string of the molecule is CCCc1nc2cc(C)[nH]c(=O)c2n1C. The number of pyridine rings is 1. The van der Waals surface area contributed by atoms with Crippen LogP contribution in [-0.4, -0.2) is 14.5 Å². The molecular formula is C11H15N3O. The van der Waals surface area contributed by atoms with Gasteiger partial charge in [0.05, 0.1) is 5.52 Å². The van der Waals surface area contributed by atoms with E-state index in [4.69, 9.17) is 0 Å². The predicted molar refractivity (Wildman–Crippen MR) is 60.1 cm³/mol. The van der Waals surface area contributed by atoms with Gasteiger partial charge in [0.25, 0.3) is 5.56 Å². The summed E-state index contributed by atoms with van der Waals surface area (Å²) in [5.41, 5.74) is 2.27. The van der Waals surface area contributed by atoms with Gasteiger partial charge in [-0.2, -0.15) is 0 Å². The number of H-pyrrole nitrogens is 1. The minimum absolute atomic E-state index is 0.0534. The number of nitrogens with zero attached hydrogens (tertiary/aromatic N) is 2. The van der Waals surface area contributed by atoms with Crippen molar-refractivity contribution in [2.24, 2.45) is 7.05 Å².